The quantitative estimate of drug-likeness (QED) is 0.867. The molecule has 0 saturated heterocycles. The van der Waals surface area contributed by atoms with Crippen molar-refractivity contribution in [3.05, 3.63) is 65.5 Å². The maximum Gasteiger partial charge on any atom is 0.123 e. The van der Waals surface area contributed by atoms with Gasteiger partial charge in [0.25, 0.3) is 0 Å². The Balaban J connectivity index is 2.17. The summed E-state index contributed by atoms with van der Waals surface area (Å²) < 4.78 is 12.9. The van der Waals surface area contributed by atoms with Gasteiger partial charge < -0.3 is 10.4 Å². The Morgan fingerprint density at radius 1 is 1.17 bits per heavy atom. The highest BCUT2D eigenvalue weighted by Gasteiger charge is 2.10. The molecule has 0 aromatic heterocycles. The Kier molecular flexibility index (Phi) is 3.95. The Bertz CT molecular complexity index is 510. The summed E-state index contributed by atoms with van der Waals surface area (Å²) in [4.78, 5) is 0. The Labute approximate surface area is 106 Å². The van der Waals surface area contributed by atoms with Crippen LogP contribution < -0.4 is 5.32 Å². The van der Waals surface area contributed by atoms with Gasteiger partial charge in [0.2, 0.25) is 0 Å². The molecule has 0 aliphatic carbocycles. The molecule has 0 aliphatic rings. The number of aromatic hydroxyl groups is 1. The van der Waals surface area contributed by atoms with Gasteiger partial charge in [0.15, 0.2) is 0 Å². The molecule has 0 radical (unpaired) electrons. The molecule has 0 aliphatic heterocycles. The number of phenols is 1. The first-order chi connectivity index (χ1) is 8.69. The number of benzene rings is 2. The summed E-state index contributed by atoms with van der Waals surface area (Å²) in [6.07, 6.45) is 0.747. The van der Waals surface area contributed by atoms with Crippen LogP contribution in [0.4, 0.5) is 4.39 Å². The van der Waals surface area contributed by atoms with Crippen LogP contribution >= 0.6 is 0 Å². The molecule has 2 nitrogen and oxygen atoms in total. The Morgan fingerprint density at radius 3 is 2.50 bits per heavy atom. The minimum atomic E-state index is -0.231. The maximum absolute atomic E-state index is 12.9. The lowest BCUT2D eigenvalue weighted by Gasteiger charge is -2.17. The summed E-state index contributed by atoms with van der Waals surface area (Å²) in [5.41, 5.74) is 2.07. The number of phenolic OH excluding ortho intramolecular Hbond substituents is 1. The van der Waals surface area contributed by atoms with Crippen LogP contribution in [-0.2, 0) is 6.42 Å². The third-order valence-electron chi connectivity index (χ3n) is 2.97. The van der Waals surface area contributed by atoms with E-state index < -0.39 is 0 Å². The molecule has 0 bridgehead atoms. The summed E-state index contributed by atoms with van der Waals surface area (Å²) in [7, 11) is 1.87. The van der Waals surface area contributed by atoms with Crippen LogP contribution in [0.5, 0.6) is 5.75 Å². The largest absolute Gasteiger partial charge is 0.508 e. The normalized spacial score (nSPS) is 12.3. The van der Waals surface area contributed by atoms with E-state index in [-0.39, 0.29) is 17.6 Å². The molecule has 0 fully saturated rings. The van der Waals surface area contributed by atoms with Crippen molar-refractivity contribution < 1.29 is 9.50 Å². The summed E-state index contributed by atoms with van der Waals surface area (Å²) in [5.74, 6) is 0.0346. The van der Waals surface area contributed by atoms with Gasteiger partial charge in [-0.1, -0.05) is 24.3 Å². The van der Waals surface area contributed by atoms with E-state index in [0.717, 1.165) is 17.5 Å². The molecule has 0 heterocycles. The summed E-state index contributed by atoms with van der Waals surface area (Å²) >= 11 is 0. The molecule has 2 rings (SSSR count). The van der Waals surface area contributed by atoms with Crippen molar-refractivity contribution in [3.8, 4) is 5.75 Å². The fourth-order valence-electron chi connectivity index (χ4n) is 2.00. The number of likely N-dealkylation sites (N-methyl/N-ethyl adjacent to an activating group) is 1. The van der Waals surface area contributed by atoms with Crippen LogP contribution in [0.3, 0.4) is 0 Å². The van der Waals surface area contributed by atoms with Crippen molar-refractivity contribution in [1.29, 1.82) is 0 Å². The predicted octanol–water partition coefficient (Wildman–Crippen LogP) is 3.03. The zero-order valence-electron chi connectivity index (χ0n) is 10.2. The Hall–Kier alpha value is -1.87. The van der Waals surface area contributed by atoms with Crippen molar-refractivity contribution in [3.63, 3.8) is 0 Å². The average Bonchev–Trinajstić information content (AvgIpc) is 2.37. The standard InChI is InChI=1S/C15H16FNO/c1-17-15(12-5-7-13(16)8-6-12)10-11-3-2-4-14(18)9-11/h2-9,15,17-18H,10H2,1H3. The lowest BCUT2D eigenvalue weighted by molar-refractivity contribution is 0.473. The molecule has 94 valence electrons. The number of nitrogens with one attached hydrogen (secondary N) is 1. The number of hydrogen-bond acceptors (Lipinski definition) is 2. The first-order valence-electron chi connectivity index (χ1n) is 5.89. The van der Waals surface area contributed by atoms with Crippen LogP contribution in [0.25, 0.3) is 0 Å². The van der Waals surface area contributed by atoms with E-state index in [4.69, 9.17) is 0 Å². The summed E-state index contributed by atoms with van der Waals surface area (Å²) in [6, 6.07) is 13.8. The Morgan fingerprint density at radius 2 is 1.89 bits per heavy atom. The monoisotopic (exact) mass is 245 g/mol. The van der Waals surface area contributed by atoms with Gasteiger partial charge in [0.05, 0.1) is 0 Å². The second-order valence-electron chi connectivity index (χ2n) is 4.27. The van der Waals surface area contributed by atoms with Crippen LogP contribution in [0.1, 0.15) is 17.2 Å². The van der Waals surface area contributed by atoms with Crippen molar-refractivity contribution >= 4 is 0 Å². The molecular weight excluding hydrogens is 229 g/mol. The van der Waals surface area contributed by atoms with E-state index in [1.54, 1.807) is 24.3 Å². The van der Waals surface area contributed by atoms with E-state index >= 15 is 0 Å². The van der Waals surface area contributed by atoms with Crippen molar-refractivity contribution in [2.24, 2.45) is 0 Å². The van der Waals surface area contributed by atoms with Gasteiger partial charge in [-0.25, -0.2) is 4.39 Å². The highest BCUT2D eigenvalue weighted by Crippen LogP contribution is 2.20. The van der Waals surface area contributed by atoms with Crippen molar-refractivity contribution in [1.82, 2.24) is 5.32 Å². The third kappa shape index (κ3) is 3.08. The van der Waals surface area contributed by atoms with Gasteiger partial charge in [-0.3, -0.25) is 0 Å². The first kappa shape index (κ1) is 12.6. The molecular formula is C15H16FNO. The second kappa shape index (κ2) is 5.65. The molecule has 2 N–H and O–H groups in total. The molecule has 2 aromatic rings. The highest BCUT2D eigenvalue weighted by atomic mass is 19.1. The SMILES string of the molecule is CNC(Cc1cccc(O)c1)c1ccc(F)cc1. The molecule has 0 saturated carbocycles. The van der Waals surface area contributed by atoms with Gasteiger partial charge >= 0.3 is 0 Å². The lowest BCUT2D eigenvalue weighted by atomic mass is 9.99. The molecule has 18 heavy (non-hydrogen) atoms. The van der Waals surface area contributed by atoms with Gasteiger partial charge in [0, 0.05) is 6.04 Å². The van der Waals surface area contributed by atoms with Crippen LogP contribution in [0.15, 0.2) is 48.5 Å². The van der Waals surface area contributed by atoms with E-state index in [1.807, 2.05) is 19.2 Å². The maximum atomic E-state index is 12.9. The smallest absolute Gasteiger partial charge is 0.123 e. The lowest BCUT2D eigenvalue weighted by Crippen LogP contribution is -2.18. The summed E-state index contributed by atoms with van der Waals surface area (Å²) in [5, 5.41) is 12.6. The van der Waals surface area contributed by atoms with E-state index in [9.17, 15) is 9.50 Å². The van der Waals surface area contributed by atoms with Gasteiger partial charge in [-0.05, 0) is 48.9 Å². The fraction of sp³-hybridized carbons (Fsp3) is 0.200. The topological polar surface area (TPSA) is 32.3 Å². The zero-order valence-corrected chi connectivity index (χ0v) is 10.2. The number of halogens is 1. The second-order valence-corrected chi connectivity index (χ2v) is 4.27. The fourth-order valence-corrected chi connectivity index (χ4v) is 2.00. The predicted molar refractivity (Wildman–Crippen MR) is 70.0 cm³/mol. The summed E-state index contributed by atoms with van der Waals surface area (Å²) in [6.45, 7) is 0. The van der Waals surface area contributed by atoms with E-state index in [1.165, 1.54) is 12.1 Å². The molecule has 1 atom stereocenters. The minimum Gasteiger partial charge on any atom is -0.508 e. The van der Waals surface area contributed by atoms with Crippen LogP contribution in [-0.4, -0.2) is 12.2 Å². The van der Waals surface area contributed by atoms with Gasteiger partial charge in [-0.2, -0.15) is 0 Å². The van der Waals surface area contributed by atoms with Gasteiger partial charge in [0.1, 0.15) is 11.6 Å². The number of rotatable bonds is 4. The molecule has 0 amide bonds. The van der Waals surface area contributed by atoms with E-state index in [2.05, 4.69) is 5.32 Å². The average molecular weight is 245 g/mol. The third-order valence-corrected chi connectivity index (χ3v) is 2.97. The highest BCUT2D eigenvalue weighted by molar-refractivity contribution is 5.29. The van der Waals surface area contributed by atoms with Crippen LogP contribution in [0, 0.1) is 5.82 Å². The van der Waals surface area contributed by atoms with E-state index in [0.29, 0.717) is 0 Å². The van der Waals surface area contributed by atoms with Crippen LogP contribution in [0.2, 0.25) is 0 Å². The zero-order chi connectivity index (χ0) is 13.0. The van der Waals surface area contributed by atoms with Gasteiger partial charge in [-0.15, -0.1) is 0 Å². The first-order valence-corrected chi connectivity index (χ1v) is 5.89. The van der Waals surface area contributed by atoms with Crippen molar-refractivity contribution in [2.45, 2.75) is 12.5 Å². The number of hydrogen-bond donors (Lipinski definition) is 2. The van der Waals surface area contributed by atoms with Crippen molar-refractivity contribution in [2.75, 3.05) is 7.05 Å². The molecule has 2 aromatic carbocycles. The minimum absolute atomic E-state index is 0.104. The molecule has 3 heteroatoms. The molecule has 0 spiro atoms. The molecule has 1 unspecified atom stereocenters.